The largest absolute Gasteiger partial charge is 0.434 e. The Kier molecular flexibility index (Phi) is 5.81. The van der Waals surface area contributed by atoms with E-state index >= 15 is 0 Å². The number of thioether (sulfide) groups is 1. The maximum absolute atomic E-state index is 12.4. The van der Waals surface area contributed by atoms with E-state index in [0.29, 0.717) is 11.3 Å². The minimum absolute atomic E-state index is 0.0891. The van der Waals surface area contributed by atoms with E-state index < -0.39 is 12.7 Å². The second kappa shape index (κ2) is 7.61. The van der Waals surface area contributed by atoms with Gasteiger partial charge in [0.25, 0.3) is 0 Å². The number of halogens is 2. The summed E-state index contributed by atoms with van der Waals surface area (Å²) in [7, 11) is 0. The molecule has 4 nitrogen and oxygen atoms in total. The summed E-state index contributed by atoms with van der Waals surface area (Å²) in [5, 5.41) is 5.98. The fourth-order valence-electron chi connectivity index (χ4n) is 2.17. The van der Waals surface area contributed by atoms with E-state index in [1.807, 2.05) is 0 Å². The summed E-state index contributed by atoms with van der Waals surface area (Å²) in [5.74, 6) is 1.67. The Bertz CT molecular complexity index is 482. The highest BCUT2D eigenvalue weighted by Crippen LogP contribution is 2.26. The topological polar surface area (TPSA) is 50.4 Å². The number of para-hydroxylation sites is 1. The van der Waals surface area contributed by atoms with Gasteiger partial charge in [-0.25, -0.2) is 0 Å². The number of carbonyl (C=O) groups excluding carboxylic acids is 1. The van der Waals surface area contributed by atoms with Gasteiger partial charge in [-0.2, -0.15) is 20.5 Å². The lowest BCUT2D eigenvalue weighted by atomic mass is 10.1. The summed E-state index contributed by atoms with van der Waals surface area (Å²) in [6.45, 7) is -0.338. The molecule has 2 N–H and O–H groups in total. The molecular formula is C14H18F2N2O2S. The van der Waals surface area contributed by atoms with Crippen LogP contribution in [0, 0.1) is 0 Å². The van der Waals surface area contributed by atoms with Gasteiger partial charge in [-0.15, -0.1) is 0 Å². The fourth-order valence-corrected chi connectivity index (χ4v) is 3.10. The molecule has 1 amide bonds. The van der Waals surface area contributed by atoms with Crippen LogP contribution in [0.2, 0.25) is 0 Å². The van der Waals surface area contributed by atoms with Crippen LogP contribution in [-0.4, -0.2) is 36.6 Å². The average molecular weight is 316 g/mol. The standard InChI is InChI=1S/C14H18F2N2O2S/c1-9(18-13(19)11-8-21-7-6-17-11)10-4-2-3-5-12(10)20-14(15)16/h2-5,9,11,14,17H,6-8H2,1H3,(H,18,19). The Morgan fingerprint density at radius 1 is 1.48 bits per heavy atom. The predicted octanol–water partition coefficient (Wildman–Crippen LogP) is 2.17. The lowest BCUT2D eigenvalue weighted by molar-refractivity contribution is -0.123. The van der Waals surface area contributed by atoms with Gasteiger partial charge in [0.1, 0.15) is 5.75 Å². The molecule has 21 heavy (non-hydrogen) atoms. The molecule has 0 radical (unpaired) electrons. The number of amides is 1. The molecule has 1 aliphatic heterocycles. The summed E-state index contributed by atoms with van der Waals surface area (Å²) in [5.41, 5.74) is 0.537. The second-order valence-corrected chi connectivity index (χ2v) is 5.88. The third-order valence-electron chi connectivity index (χ3n) is 3.20. The minimum atomic E-state index is -2.88. The molecule has 1 fully saturated rings. The Hall–Kier alpha value is -1.34. The second-order valence-electron chi connectivity index (χ2n) is 4.73. The van der Waals surface area contributed by atoms with Gasteiger partial charge >= 0.3 is 6.61 Å². The normalized spacial score (nSPS) is 20.1. The maximum Gasteiger partial charge on any atom is 0.387 e. The Morgan fingerprint density at radius 2 is 2.24 bits per heavy atom. The van der Waals surface area contributed by atoms with Gasteiger partial charge < -0.3 is 15.4 Å². The highest BCUT2D eigenvalue weighted by Gasteiger charge is 2.23. The van der Waals surface area contributed by atoms with Crippen molar-refractivity contribution in [3.8, 4) is 5.75 Å². The van der Waals surface area contributed by atoms with Crippen molar-refractivity contribution in [2.45, 2.75) is 25.6 Å². The van der Waals surface area contributed by atoms with E-state index in [-0.39, 0.29) is 17.7 Å². The molecule has 116 valence electrons. The lowest BCUT2D eigenvalue weighted by Crippen LogP contribution is -2.49. The van der Waals surface area contributed by atoms with Gasteiger partial charge in [0.05, 0.1) is 12.1 Å². The van der Waals surface area contributed by atoms with Crippen molar-refractivity contribution in [1.82, 2.24) is 10.6 Å². The Labute approximate surface area is 126 Å². The molecule has 0 bridgehead atoms. The number of ether oxygens (including phenoxy) is 1. The first-order chi connectivity index (χ1) is 10.1. The van der Waals surface area contributed by atoms with Crippen LogP contribution in [0.25, 0.3) is 0 Å². The third kappa shape index (κ3) is 4.57. The van der Waals surface area contributed by atoms with Crippen LogP contribution < -0.4 is 15.4 Å². The van der Waals surface area contributed by atoms with Crippen LogP contribution in [0.3, 0.4) is 0 Å². The van der Waals surface area contributed by atoms with Crippen LogP contribution in [0.4, 0.5) is 8.78 Å². The van der Waals surface area contributed by atoms with E-state index in [1.54, 1.807) is 36.9 Å². The molecule has 1 aromatic rings. The molecular weight excluding hydrogens is 298 g/mol. The van der Waals surface area contributed by atoms with Crippen LogP contribution in [0.1, 0.15) is 18.5 Å². The summed E-state index contributed by atoms with van der Waals surface area (Å²) in [4.78, 5) is 12.1. The number of hydrogen-bond donors (Lipinski definition) is 2. The minimum Gasteiger partial charge on any atom is -0.434 e. The van der Waals surface area contributed by atoms with E-state index in [2.05, 4.69) is 15.4 Å². The van der Waals surface area contributed by atoms with Crippen molar-refractivity contribution in [2.24, 2.45) is 0 Å². The van der Waals surface area contributed by atoms with Gasteiger partial charge in [-0.05, 0) is 13.0 Å². The van der Waals surface area contributed by atoms with E-state index in [4.69, 9.17) is 0 Å². The zero-order chi connectivity index (χ0) is 15.2. The summed E-state index contributed by atoms with van der Waals surface area (Å²) in [6.07, 6.45) is 0. The molecule has 2 rings (SSSR count). The molecule has 2 unspecified atom stereocenters. The molecule has 1 aromatic carbocycles. The average Bonchev–Trinajstić information content (AvgIpc) is 2.48. The molecule has 1 saturated heterocycles. The van der Waals surface area contributed by atoms with Gasteiger partial charge in [-0.3, -0.25) is 4.79 Å². The molecule has 1 heterocycles. The SMILES string of the molecule is CC(NC(=O)C1CSCCN1)c1ccccc1OC(F)F. The van der Waals surface area contributed by atoms with E-state index in [9.17, 15) is 13.6 Å². The third-order valence-corrected chi connectivity index (χ3v) is 4.26. The molecule has 0 aliphatic carbocycles. The number of alkyl halides is 2. The van der Waals surface area contributed by atoms with Crippen LogP contribution in [0.5, 0.6) is 5.75 Å². The van der Waals surface area contributed by atoms with Gasteiger partial charge in [-0.1, -0.05) is 18.2 Å². The predicted molar refractivity (Wildman–Crippen MR) is 78.7 cm³/mol. The summed E-state index contributed by atoms with van der Waals surface area (Å²) >= 11 is 1.72. The first-order valence-corrected chi connectivity index (χ1v) is 7.88. The van der Waals surface area contributed by atoms with Crippen molar-refractivity contribution < 1.29 is 18.3 Å². The van der Waals surface area contributed by atoms with Gasteiger partial charge in [0.2, 0.25) is 5.91 Å². The molecule has 0 aromatic heterocycles. The number of hydrogen-bond acceptors (Lipinski definition) is 4. The molecule has 0 spiro atoms. The fraction of sp³-hybridized carbons (Fsp3) is 0.500. The van der Waals surface area contributed by atoms with Crippen molar-refractivity contribution in [2.75, 3.05) is 18.1 Å². The van der Waals surface area contributed by atoms with Gasteiger partial charge in [0.15, 0.2) is 0 Å². The van der Waals surface area contributed by atoms with Crippen LogP contribution in [-0.2, 0) is 4.79 Å². The molecule has 1 aliphatic rings. The highest BCUT2D eigenvalue weighted by molar-refractivity contribution is 7.99. The lowest BCUT2D eigenvalue weighted by Gasteiger charge is -2.25. The first-order valence-electron chi connectivity index (χ1n) is 6.73. The van der Waals surface area contributed by atoms with Crippen molar-refractivity contribution in [3.05, 3.63) is 29.8 Å². The molecule has 7 heteroatoms. The highest BCUT2D eigenvalue weighted by atomic mass is 32.2. The Balaban J connectivity index is 2.02. The Morgan fingerprint density at radius 3 is 2.90 bits per heavy atom. The van der Waals surface area contributed by atoms with Crippen molar-refractivity contribution >= 4 is 17.7 Å². The maximum atomic E-state index is 12.4. The summed E-state index contributed by atoms with van der Waals surface area (Å²) in [6, 6.07) is 5.85. The van der Waals surface area contributed by atoms with Gasteiger partial charge in [0, 0.05) is 23.6 Å². The molecule has 0 saturated carbocycles. The quantitative estimate of drug-likeness (QED) is 0.874. The van der Waals surface area contributed by atoms with E-state index in [0.717, 1.165) is 12.3 Å². The number of benzene rings is 1. The monoisotopic (exact) mass is 316 g/mol. The smallest absolute Gasteiger partial charge is 0.387 e. The van der Waals surface area contributed by atoms with Crippen LogP contribution in [0.15, 0.2) is 24.3 Å². The van der Waals surface area contributed by atoms with E-state index in [1.165, 1.54) is 6.07 Å². The summed E-state index contributed by atoms with van der Waals surface area (Å²) < 4.78 is 29.3. The number of carbonyl (C=O) groups is 1. The van der Waals surface area contributed by atoms with Crippen LogP contribution >= 0.6 is 11.8 Å². The first kappa shape index (κ1) is 16.0. The zero-order valence-electron chi connectivity index (χ0n) is 11.6. The zero-order valence-corrected chi connectivity index (χ0v) is 12.5. The van der Waals surface area contributed by atoms with Crippen molar-refractivity contribution in [1.29, 1.82) is 0 Å². The van der Waals surface area contributed by atoms with Crippen molar-refractivity contribution in [3.63, 3.8) is 0 Å². The molecule has 2 atom stereocenters. The number of nitrogens with one attached hydrogen (secondary N) is 2. The number of rotatable bonds is 5.